The smallest absolute Gasteiger partial charge is 0.264 e. The molecule has 1 atom stereocenters. The summed E-state index contributed by atoms with van der Waals surface area (Å²) in [5, 5.41) is 11.2. The monoisotopic (exact) mass is 395 g/mol. The topological polar surface area (TPSA) is 66.8 Å². The summed E-state index contributed by atoms with van der Waals surface area (Å²) in [4.78, 5) is 26.6. The van der Waals surface area contributed by atoms with Crippen LogP contribution in [0.15, 0.2) is 36.4 Å². The van der Waals surface area contributed by atoms with Crippen molar-refractivity contribution >= 4 is 17.4 Å². The number of carbonyl (C=O) groups is 2. The van der Waals surface area contributed by atoms with E-state index in [1.807, 2.05) is 50.2 Å². The van der Waals surface area contributed by atoms with E-state index < -0.39 is 11.5 Å². The van der Waals surface area contributed by atoms with E-state index in [0.717, 1.165) is 35.3 Å². The van der Waals surface area contributed by atoms with E-state index in [2.05, 4.69) is 6.92 Å². The molecule has 1 aliphatic heterocycles. The summed E-state index contributed by atoms with van der Waals surface area (Å²) in [6.07, 6.45) is 1.87. The first kappa shape index (κ1) is 21.1. The van der Waals surface area contributed by atoms with Gasteiger partial charge in [0.1, 0.15) is 11.5 Å². The van der Waals surface area contributed by atoms with Gasteiger partial charge in [-0.25, -0.2) is 0 Å². The number of ether oxygens (including phenoxy) is 1. The Morgan fingerprint density at radius 1 is 1.17 bits per heavy atom. The zero-order valence-corrected chi connectivity index (χ0v) is 17.6. The number of carbonyl (C=O) groups excluding carboxylic acids is 2. The zero-order valence-electron chi connectivity index (χ0n) is 17.6. The summed E-state index contributed by atoms with van der Waals surface area (Å²) in [6.45, 7) is 8.37. The molecule has 1 aliphatic rings. The van der Waals surface area contributed by atoms with Crippen molar-refractivity contribution in [2.45, 2.75) is 59.1 Å². The molecule has 1 unspecified atom stereocenters. The third-order valence-corrected chi connectivity index (χ3v) is 5.29. The average Bonchev–Trinajstić information content (AvgIpc) is 2.85. The third kappa shape index (κ3) is 4.20. The normalized spacial score (nSPS) is 18.1. The van der Waals surface area contributed by atoms with Gasteiger partial charge in [0.25, 0.3) is 5.91 Å². The lowest BCUT2D eigenvalue weighted by molar-refractivity contribution is -0.141. The first-order chi connectivity index (χ1) is 13.8. The molecule has 0 spiro atoms. The number of nitrogens with zero attached hydrogens (tertiary/aromatic N) is 1. The van der Waals surface area contributed by atoms with Gasteiger partial charge in [0, 0.05) is 12.0 Å². The van der Waals surface area contributed by atoms with Gasteiger partial charge in [-0.05, 0) is 50.5 Å². The lowest BCUT2D eigenvalue weighted by atomic mass is 9.88. The van der Waals surface area contributed by atoms with Crippen molar-refractivity contribution in [3.8, 4) is 5.75 Å². The summed E-state index contributed by atoms with van der Waals surface area (Å²) >= 11 is 0. The first-order valence-corrected chi connectivity index (χ1v) is 10.1. The van der Waals surface area contributed by atoms with Gasteiger partial charge in [0.05, 0.1) is 18.8 Å². The molecule has 1 amide bonds. The maximum absolute atomic E-state index is 13.2. The quantitative estimate of drug-likeness (QED) is 0.681. The Morgan fingerprint density at radius 3 is 2.48 bits per heavy atom. The molecule has 154 valence electrons. The average molecular weight is 395 g/mol. The minimum Gasteiger partial charge on any atom is -0.494 e. The third-order valence-electron chi connectivity index (χ3n) is 5.29. The minimum absolute atomic E-state index is 0.220. The number of fused-ring (bicyclic) bond motifs is 1. The Morgan fingerprint density at radius 2 is 1.86 bits per heavy atom. The van der Waals surface area contributed by atoms with Crippen molar-refractivity contribution in [1.82, 2.24) is 0 Å². The van der Waals surface area contributed by atoms with Gasteiger partial charge in [-0.2, -0.15) is 0 Å². The van der Waals surface area contributed by atoms with Crippen molar-refractivity contribution < 1.29 is 19.4 Å². The lowest BCUT2D eigenvalue weighted by Crippen LogP contribution is -2.41. The van der Waals surface area contributed by atoms with E-state index in [1.165, 1.54) is 6.92 Å². The van der Waals surface area contributed by atoms with E-state index in [9.17, 15) is 14.7 Å². The fourth-order valence-electron chi connectivity index (χ4n) is 3.96. The predicted octanol–water partition coefficient (Wildman–Crippen LogP) is 4.20. The molecule has 0 radical (unpaired) electrons. The summed E-state index contributed by atoms with van der Waals surface area (Å²) < 4.78 is 5.70. The molecular formula is C24H29NO4. The zero-order chi connectivity index (χ0) is 21.2. The first-order valence-electron chi connectivity index (χ1n) is 10.1. The molecule has 5 nitrogen and oxygen atoms in total. The van der Waals surface area contributed by atoms with Crippen LogP contribution in [0.25, 0.3) is 0 Å². The van der Waals surface area contributed by atoms with Crippen molar-refractivity contribution in [2.75, 3.05) is 11.5 Å². The molecule has 2 aromatic carbocycles. The molecule has 5 heteroatoms. The van der Waals surface area contributed by atoms with Crippen LogP contribution in [0.5, 0.6) is 5.75 Å². The van der Waals surface area contributed by atoms with Crippen LogP contribution in [-0.2, 0) is 21.7 Å². The number of hydrogen-bond donors (Lipinski definition) is 1. The summed E-state index contributed by atoms with van der Waals surface area (Å²) in [5.41, 5.74) is 2.21. The van der Waals surface area contributed by atoms with Crippen LogP contribution < -0.4 is 9.64 Å². The van der Waals surface area contributed by atoms with Crippen LogP contribution in [0.4, 0.5) is 5.69 Å². The highest BCUT2D eigenvalue weighted by Crippen LogP contribution is 2.45. The van der Waals surface area contributed by atoms with Gasteiger partial charge in [-0.1, -0.05) is 43.2 Å². The van der Waals surface area contributed by atoms with Crippen LogP contribution in [-0.4, -0.2) is 23.4 Å². The van der Waals surface area contributed by atoms with Crippen LogP contribution in [0, 0.1) is 13.8 Å². The summed E-state index contributed by atoms with van der Waals surface area (Å²) in [5.74, 6) is 0.135. The van der Waals surface area contributed by atoms with Gasteiger partial charge < -0.3 is 14.7 Å². The second-order valence-corrected chi connectivity index (χ2v) is 7.95. The van der Waals surface area contributed by atoms with Gasteiger partial charge in [0.15, 0.2) is 5.60 Å². The number of rotatable bonds is 8. The van der Waals surface area contributed by atoms with E-state index in [1.54, 1.807) is 4.90 Å². The highest BCUT2D eigenvalue weighted by Gasteiger charge is 2.51. The highest BCUT2D eigenvalue weighted by atomic mass is 16.5. The van der Waals surface area contributed by atoms with Crippen LogP contribution in [0.1, 0.15) is 55.4 Å². The lowest BCUT2D eigenvalue weighted by Gasteiger charge is -2.22. The molecule has 1 heterocycles. The Kier molecular flexibility index (Phi) is 6.08. The Bertz CT molecular complexity index is 919. The standard InChI is InChI=1S/C24H29NO4/c1-5-6-11-29-20-9-7-19(8-10-20)15-25-22-17(3)12-16(2)13-21(22)24(28,23(25)27)14-18(4)26/h7-10,12-13,28H,5-6,11,14-15H2,1-4H3. The Hall–Kier alpha value is -2.66. The summed E-state index contributed by atoms with van der Waals surface area (Å²) in [6, 6.07) is 11.5. The number of Topliss-reactive ketones (excluding diaryl/α,β-unsaturated/α-hetero) is 1. The summed E-state index contributed by atoms with van der Waals surface area (Å²) in [7, 11) is 0. The van der Waals surface area contributed by atoms with Crippen molar-refractivity contribution in [1.29, 1.82) is 0 Å². The molecule has 2 aromatic rings. The SMILES string of the molecule is CCCCOc1ccc(CN2C(=O)C(O)(CC(C)=O)c3cc(C)cc(C)c32)cc1. The molecule has 0 aromatic heterocycles. The number of unbranched alkanes of at least 4 members (excludes halogenated alkanes) is 1. The molecular weight excluding hydrogens is 366 g/mol. The van der Waals surface area contributed by atoms with Crippen molar-refractivity contribution in [2.24, 2.45) is 0 Å². The second-order valence-electron chi connectivity index (χ2n) is 7.95. The predicted molar refractivity (Wildman–Crippen MR) is 113 cm³/mol. The van der Waals surface area contributed by atoms with Crippen LogP contribution in [0.2, 0.25) is 0 Å². The maximum atomic E-state index is 13.2. The Balaban J connectivity index is 1.90. The number of amides is 1. The van der Waals surface area contributed by atoms with Gasteiger partial charge in [-0.3, -0.25) is 9.59 Å². The molecule has 0 fully saturated rings. The highest BCUT2D eigenvalue weighted by molar-refractivity contribution is 6.09. The molecule has 0 saturated carbocycles. The number of hydrogen-bond acceptors (Lipinski definition) is 4. The van der Waals surface area contributed by atoms with Gasteiger partial charge >= 0.3 is 0 Å². The fraction of sp³-hybridized carbons (Fsp3) is 0.417. The van der Waals surface area contributed by atoms with Gasteiger partial charge in [0.2, 0.25) is 0 Å². The van der Waals surface area contributed by atoms with E-state index in [-0.39, 0.29) is 12.2 Å². The molecule has 0 saturated heterocycles. The second kappa shape index (κ2) is 8.37. The van der Waals surface area contributed by atoms with E-state index >= 15 is 0 Å². The number of benzene rings is 2. The maximum Gasteiger partial charge on any atom is 0.264 e. The minimum atomic E-state index is -1.80. The van der Waals surface area contributed by atoms with Crippen molar-refractivity contribution in [3.63, 3.8) is 0 Å². The van der Waals surface area contributed by atoms with Gasteiger partial charge in [-0.15, -0.1) is 0 Å². The molecule has 3 rings (SSSR count). The fourth-order valence-corrected chi connectivity index (χ4v) is 3.96. The number of aliphatic hydroxyl groups is 1. The van der Waals surface area contributed by atoms with E-state index in [4.69, 9.17) is 4.74 Å². The Labute approximate surface area is 172 Å². The largest absolute Gasteiger partial charge is 0.494 e. The molecule has 29 heavy (non-hydrogen) atoms. The number of anilines is 1. The van der Waals surface area contributed by atoms with Crippen LogP contribution >= 0.6 is 0 Å². The molecule has 1 N–H and O–H groups in total. The molecule has 0 aliphatic carbocycles. The number of ketones is 1. The number of aryl methyl sites for hydroxylation is 2. The van der Waals surface area contributed by atoms with Crippen LogP contribution in [0.3, 0.4) is 0 Å². The molecule has 0 bridgehead atoms. The van der Waals surface area contributed by atoms with E-state index in [0.29, 0.717) is 24.4 Å². The van der Waals surface area contributed by atoms with Crippen molar-refractivity contribution in [3.05, 3.63) is 58.7 Å².